The van der Waals surface area contributed by atoms with Crippen LogP contribution in [-0.2, 0) is 0 Å². The highest BCUT2D eigenvalue weighted by Gasteiger charge is 2.25. The highest BCUT2D eigenvalue weighted by Crippen LogP contribution is 2.29. The molecule has 2 heterocycles. The molecule has 0 saturated carbocycles. The van der Waals surface area contributed by atoms with Crippen LogP contribution in [0.1, 0.15) is 16.1 Å². The third kappa shape index (κ3) is 4.29. The number of fused-ring (bicyclic) bond motifs is 1. The first-order valence-corrected chi connectivity index (χ1v) is 10.7. The molecule has 14 nitrogen and oxygen atoms in total. The number of nitrogens with two attached hydrogens (primary N) is 1. The van der Waals surface area contributed by atoms with Crippen LogP contribution in [0.4, 0.5) is 11.5 Å². The van der Waals surface area contributed by atoms with Crippen molar-refractivity contribution in [2.75, 3.05) is 12.8 Å². The lowest BCUT2D eigenvalue weighted by atomic mass is 10.0. The minimum Gasteiger partial charge on any atom is -0.496 e. The second kappa shape index (κ2) is 9.53. The van der Waals surface area contributed by atoms with Gasteiger partial charge in [-0.1, -0.05) is 35.5 Å². The van der Waals surface area contributed by atoms with Crippen LogP contribution in [0.3, 0.4) is 0 Å². The number of aromatic nitrogens is 5. The molecule has 0 fully saturated rings. The van der Waals surface area contributed by atoms with Gasteiger partial charge in [0.15, 0.2) is 5.69 Å². The fourth-order valence-electron chi connectivity index (χ4n) is 3.72. The zero-order valence-corrected chi connectivity index (χ0v) is 19.1. The molecule has 5 aromatic rings. The number of methoxy groups -OCH3 is 1. The number of rotatable bonds is 7. The minimum atomic E-state index is -0.704. The molecule has 0 aliphatic heterocycles. The van der Waals surface area contributed by atoms with Crippen LogP contribution in [0.15, 0.2) is 70.4 Å². The standard InChI is InChI=1S/C23H17N9O5/c1-36-18-11-8-13-4-2-3-5-16(13)17(18)12-25-27-23(33)19-20(14-6-9-15(10-7-14)32(34)35)31(30-26-19)22-21(24)28-37-29-22/h2-12H,1H3,(H2,24,28)(H,27,33). The summed E-state index contributed by atoms with van der Waals surface area (Å²) in [6.45, 7) is 0. The number of anilines is 1. The van der Waals surface area contributed by atoms with Gasteiger partial charge in [-0.3, -0.25) is 14.9 Å². The van der Waals surface area contributed by atoms with E-state index in [0.717, 1.165) is 15.5 Å². The van der Waals surface area contributed by atoms with Gasteiger partial charge < -0.3 is 10.5 Å². The van der Waals surface area contributed by atoms with E-state index in [1.807, 2.05) is 30.3 Å². The van der Waals surface area contributed by atoms with E-state index in [1.165, 1.54) is 30.5 Å². The first-order chi connectivity index (χ1) is 18.0. The minimum absolute atomic E-state index is 0.0103. The highest BCUT2D eigenvalue weighted by molar-refractivity contribution is 6.03. The first-order valence-electron chi connectivity index (χ1n) is 10.7. The van der Waals surface area contributed by atoms with Crippen molar-refractivity contribution in [1.29, 1.82) is 0 Å². The third-order valence-corrected chi connectivity index (χ3v) is 5.44. The lowest BCUT2D eigenvalue weighted by molar-refractivity contribution is -0.384. The van der Waals surface area contributed by atoms with E-state index in [0.29, 0.717) is 16.9 Å². The Morgan fingerprint density at radius 2 is 1.95 bits per heavy atom. The van der Waals surface area contributed by atoms with Gasteiger partial charge in [-0.15, -0.1) is 5.10 Å². The molecule has 3 N–H and O–H groups in total. The number of amides is 1. The summed E-state index contributed by atoms with van der Waals surface area (Å²) in [5.74, 6) is -0.238. The molecule has 0 bridgehead atoms. The fourth-order valence-corrected chi connectivity index (χ4v) is 3.72. The number of nitrogens with one attached hydrogen (secondary N) is 1. The van der Waals surface area contributed by atoms with Crippen molar-refractivity contribution in [2.24, 2.45) is 5.10 Å². The Balaban J connectivity index is 1.51. The summed E-state index contributed by atoms with van der Waals surface area (Å²) < 4.78 is 11.2. The Morgan fingerprint density at radius 3 is 2.65 bits per heavy atom. The number of nitrogens with zero attached hydrogens (tertiary/aromatic N) is 7. The summed E-state index contributed by atoms with van der Waals surface area (Å²) >= 11 is 0. The van der Waals surface area contributed by atoms with Gasteiger partial charge in [0.1, 0.15) is 11.4 Å². The van der Waals surface area contributed by atoms with Crippen molar-refractivity contribution in [3.05, 3.63) is 82.0 Å². The van der Waals surface area contributed by atoms with Crippen molar-refractivity contribution in [2.45, 2.75) is 0 Å². The van der Waals surface area contributed by atoms with Crippen molar-refractivity contribution in [3.8, 4) is 22.8 Å². The van der Waals surface area contributed by atoms with Crippen LogP contribution in [0.2, 0.25) is 0 Å². The van der Waals surface area contributed by atoms with Gasteiger partial charge in [0.25, 0.3) is 11.6 Å². The number of benzene rings is 3. The topological polar surface area (TPSA) is 189 Å². The van der Waals surface area contributed by atoms with E-state index < -0.39 is 10.8 Å². The number of nitro benzene ring substituents is 1. The van der Waals surface area contributed by atoms with E-state index in [2.05, 4.69) is 35.8 Å². The number of nitro groups is 1. The number of ether oxygens (including phenoxy) is 1. The smallest absolute Gasteiger partial charge is 0.294 e. The van der Waals surface area contributed by atoms with Gasteiger partial charge in [0.2, 0.25) is 11.6 Å². The number of non-ortho nitro benzene ring substituents is 1. The van der Waals surface area contributed by atoms with Gasteiger partial charge in [0, 0.05) is 23.3 Å². The maximum absolute atomic E-state index is 13.1. The van der Waals surface area contributed by atoms with Gasteiger partial charge in [0.05, 0.1) is 18.2 Å². The fraction of sp³-hybridized carbons (Fsp3) is 0.0435. The summed E-state index contributed by atoms with van der Waals surface area (Å²) in [5.41, 5.74) is 9.16. The normalized spacial score (nSPS) is 11.2. The molecule has 0 radical (unpaired) electrons. The average molecular weight is 499 g/mol. The van der Waals surface area contributed by atoms with E-state index >= 15 is 0 Å². The zero-order valence-electron chi connectivity index (χ0n) is 19.1. The summed E-state index contributed by atoms with van der Waals surface area (Å²) in [4.78, 5) is 23.7. The molecule has 0 aliphatic carbocycles. The van der Waals surface area contributed by atoms with Gasteiger partial charge in [-0.2, -0.15) is 9.78 Å². The maximum Gasteiger partial charge on any atom is 0.294 e. The summed E-state index contributed by atoms with van der Waals surface area (Å²) in [5, 5.41) is 32.2. The Morgan fingerprint density at radius 1 is 1.16 bits per heavy atom. The molecule has 0 saturated heterocycles. The zero-order chi connectivity index (χ0) is 25.9. The van der Waals surface area contributed by atoms with Crippen LogP contribution >= 0.6 is 0 Å². The van der Waals surface area contributed by atoms with E-state index in [9.17, 15) is 14.9 Å². The largest absolute Gasteiger partial charge is 0.496 e. The lowest BCUT2D eigenvalue weighted by Crippen LogP contribution is -2.19. The molecular formula is C23H17N9O5. The number of carbonyl (C=O) groups is 1. The van der Waals surface area contributed by atoms with Gasteiger partial charge in [-0.05, 0) is 39.3 Å². The van der Waals surface area contributed by atoms with Gasteiger partial charge >= 0.3 is 0 Å². The summed E-state index contributed by atoms with van der Waals surface area (Å²) in [7, 11) is 1.54. The molecule has 0 aliphatic rings. The van der Waals surface area contributed by atoms with E-state index in [-0.39, 0.29) is 28.7 Å². The average Bonchev–Trinajstić information content (AvgIpc) is 3.54. The Labute approximate surface area is 207 Å². The second-order valence-corrected chi connectivity index (χ2v) is 7.58. The van der Waals surface area contributed by atoms with Crippen LogP contribution in [0.5, 0.6) is 5.75 Å². The molecule has 5 rings (SSSR count). The third-order valence-electron chi connectivity index (χ3n) is 5.44. The maximum atomic E-state index is 13.1. The van der Waals surface area contributed by atoms with Crippen molar-refractivity contribution in [3.63, 3.8) is 0 Å². The SMILES string of the molecule is COc1ccc2ccccc2c1C=NNC(=O)c1nnn(-c2nonc2N)c1-c1ccc([N+](=O)[O-])cc1. The van der Waals surface area contributed by atoms with E-state index in [1.54, 1.807) is 13.2 Å². The Bertz CT molecular complexity index is 1660. The van der Waals surface area contributed by atoms with Crippen molar-refractivity contribution < 1.29 is 19.1 Å². The van der Waals surface area contributed by atoms with E-state index in [4.69, 9.17) is 10.5 Å². The van der Waals surface area contributed by atoms with Crippen LogP contribution in [0.25, 0.3) is 27.8 Å². The Hall–Kier alpha value is -5.66. The molecule has 0 atom stereocenters. The second-order valence-electron chi connectivity index (χ2n) is 7.58. The number of hydrazone groups is 1. The number of hydrogen-bond donors (Lipinski definition) is 2. The molecule has 3 aromatic carbocycles. The van der Waals surface area contributed by atoms with Crippen LogP contribution in [-0.4, -0.2) is 49.5 Å². The summed E-state index contributed by atoms with van der Waals surface area (Å²) in [6, 6.07) is 16.8. The molecule has 1 amide bonds. The highest BCUT2D eigenvalue weighted by atomic mass is 16.6. The quantitative estimate of drug-likeness (QED) is 0.191. The first kappa shape index (κ1) is 23.1. The number of nitrogen functional groups attached to an aromatic ring is 1. The number of carbonyl (C=O) groups excluding carboxylic acids is 1. The van der Waals surface area contributed by atoms with Crippen molar-refractivity contribution in [1.82, 2.24) is 30.7 Å². The molecule has 0 unspecified atom stereocenters. The molecular weight excluding hydrogens is 482 g/mol. The van der Waals surface area contributed by atoms with Gasteiger partial charge in [-0.25, -0.2) is 10.1 Å². The Kier molecular flexibility index (Phi) is 5.95. The van der Waals surface area contributed by atoms with Crippen molar-refractivity contribution >= 4 is 34.4 Å². The van der Waals surface area contributed by atoms with Crippen LogP contribution in [0, 0.1) is 10.1 Å². The molecule has 2 aromatic heterocycles. The summed E-state index contributed by atoms with van der Waals surface area (Å²) in [6.07, 6.45) is 1.47. The molecule has 0 spiro atoms. The van der Waals surface area contributed by atoms with Crippen LogP contribution < -0.4 is 15.9 Å². The monoisotopic (exact) mass is 499 g/mol. The molecule has 184 valence electrons. The molecule has 37 heavy (non-hydrogen) atoms. The lowest BCUT2D eigenvalue weighted by Gasteiger charge is -2.08. The predicted molar refractivity (Wildman–Crippen MR) is 131 cm³/mol. The predicted octanol–water partition coefficient (Wildman–Crippen LogP) is 2.73. The number of hydrogen-bond acceptors (Lipinski definition) is 11. The molecule has 14 heteroatoms.